The number of aliphatic imine (C=N–C) groups is 1. The quantitative estimate of drug-likeness (QED) is 0.132. The molecular formula is C38H57BrN2O3. The van der Waals surface area contributed by atoms with Crippen LogP contribution < -0.4 is 14.4 Å². The number of ether oxygens (including phenoxy) is 2. The van der Waals surface area contributed by atoms with Crippen molar-refractivity contribution in [2.45, 2.75) is 118 Å². The van der Waals surface area contributed by atoms with E-state index in [1.807, 2.05) is 41.4 Å². The Bertz CT molecular complexity index is 1190. The Morgan fingerprint density at radius 2 is 1.55 bits per heavy atom. The molecule has 1 unspecified atom stereocenters. The van der Waals surface area contributed by atoms with Gasteiger partial charge in [0, 0.05) is 30.8 Å². The van der Waals surface area contributed by atoms with E-state index >= 15 is 0 Å². The van der Waals surface area contributed by atoms with Crippen LogP contribution in [0.15, 0.2) is 59.1 Å². The van der Waals surface area contributed by atoms with E-state index in [0.717, 1.165) is 42.1 Å². The molecule has 5 nitrogen and oxygen atoms in total. The maximum Gasteiger partial charge on any atom is 0.224 e. The van der Waals surface area contributed by atoms with Gasteiger partial charge in [0.25, 0.3) is 0 Å². The van der Waals surface area contributed by atoms with Crippen molar-refractivity contribution in [2.75, 3.05) is 25.2 Å². The highest BCUT2D eigenvalue weighted by Gasteiger charge is 2.24. The smallest absolute Gasteiger partial charge is 0.224 e. The SMILES string of the molecule is Br.CCCCCCCCCCCCCCOc1cc(CN(C(C)=O)c2cccc(CC3(C)C=C(C)C=NC3)c2)ccc1OC. The molecule has 2 aromatic carbocycles. The summed E-state index contributed by atoms with van der Waals surface area (Å²) in [6.07, 6.45) is 21.0. The molecule has 1 heterocycles. The second-order valence-electron chi connectivity index (χ2n) is 12.7. The monoisotopic (exact) mass is 668 g/mol. The minimum atomic E-state index is -0.0196. The fourth-order valence-electron chi connectivity index (χ4n) is 6.06. The number of halogens is 1. The Hall–Kier alpha value is -2.60. The molecule has 0 aliphatic carbocycles. The van der Waals surface area contributed by atoms with Gasteiger partial charge in [-0.05, 0) is 60.7 Å². The molecule has 2 aromatic rings. The number of carbonyl (C=O) groups excluding carboxylic acids is 1. The van der Waals surface area contributed by atoms with Gasteiger partial charge in [0.15, 0.2) is 11.5 Å². The number of carbonyl (C=O) groups is 1. The molecule has 0 radical (unpaired) electrons. The third-order valence-electron chi connectivity index (χ3n) is 8.36. The maximum atomic E-state index is 12.8. The number of rotatable bonds is 20. The van der Waals surface area contributed by atoms with Gasteiger partial charge >= 0.3 is 0 Å². The molecule has 0 N–H and O–H groups in total. The van der Waals surface area contributed by atoms with Gasteiger partial charge in [0.1, 0.15) is 0 Å². The van der Waals surface area contributed by atoms with E-state index in [0.29, 0.717) is 13.2 Å². The van der Waals surface area contributed by atoms with Gasteiger partial charge < -0.3 is 14.4 Å². The Labute approximate surface area is 278 Å². The maximum absolute atomic E-state index is 12.8. The number of amides is 1. The largest absolute Gasteiger partial charge is 0.493 e. The molecule has 0 aromatic heterocycles. The predicted octanol–water partition coefficient (Wildman–Crippen LogP) is 10.5. The highest BCUT2D eigenvalue weighted by Crippen LogP contribution is 2.32. The number of hydrogen-bond acceptors (Lipinski definition) is 4. The lowest BCUT2D eigenvalue weighted by atomic mass is 9.81. The molecule has 1 aliphatic rings. The van der Waals surface area contributed by atoms with Crippen LogP contribution in [0.5, 0.6) is 11.5 Å². The highest BCUT2D eigenvalue weighted by atomic mass is 79.9. The van der Waals surface area contributed by atoms with E-state index in [2.05, 4.69) is 44.0 Å². The average molecular weight is 670 g/mol. The minimum absolute atomic E-state index is 0. The van der Waals surface area contributed by atoms with Gasteiger partial charge in [-0.25, -0.2) is 0 Å². The fraction of sp³-hybridized carbons (Fsp3) is 0.579. The second kappa shape index (κ2) is 20.4. The lowest BCUT2D eigenvalue weighted by Crippen LogP contribution is -2.28. The number of benzene rings is 2. The summed E-state index contributed by atoms with van der Waals surface area (Å²) in [5, 5.41) is 0. The van der Waals surface area contributed by atoms with Crippen LogP contribution in [-0.4, -0.2) is 32.4 Å². The summed E-state index contributed by atoms with van der Waals surface area (Å²) in [7, 11) is 1.67. The van der Waals surface area contributed by atoms with Gasteiger partial charge in [-0.15, -0.1) is 17.0 Å². The van der Waals surface area contributed by atoms with Gasteiger partial charge in [0.05, 0.1) is 20.3 Å². The van der Waals surface area contributed by atoms with E-state index in [1.54, 1.807) is 14.0 Å². The van der Waals surface area contributed by atoms with Crippen molar-refractivity contribution in [1.82, 2.24) is 0 Å². The number of allylic oxidation sites excluding steroid dienone is 1. The highest BCUT2D eigenvalue weighted by molar-refractivity contribution is 8.93. The Morgan fingerprint density at radius 3 is 2.16 bits per heavy atom. The first-order chi connectivity index (χ1) is 20.8. The number of methoxy groups -OCH3 is 1. The number of dihydropyridines is 1. The Kier molecular flexibility index (Phi) is 17.5. The molecule has 0 spiro atoms. The van der Waals surface area contributed by atoms with E-state index < -0.39 is 0 Å². The van der Waals surface area contributed by atoms with Crippen LogP contribution in [-0.2, 0) is 17.8 Å². The first-order valence-corrected chi connectivity index (χ1v) is 16.7. The van der Waals surface area contributed by atoms with E-state index in [9.17, 15) is 4.79 Å². The van der Waals surface area contributed by atoms with Crippen LogP contribution in [0.2, 0.25) is 0 Å². The molecule has 6 heteroatoms. The summed E-state index contributed by atoms with van der Waals surface area (Å²) >= 11 is 0. The molecule has 0 saturated heterocycles. The number of unbranched alkanes of at least 4 members (excludes halogenated alkanes) is 11. The summed E-state index contributed by atoms with van der Waals surface area (Å²) in [6.45, 7) is 10.2. The lowest BCUT2D eigenvalue weighted by molar-refractivity contribution is -0.116. The van der Waals surface area contributed by atoms with Gasteiger partial charge in [0.2, 0.25) is 5.91 Å². The van der Waals surface area contributed by atoms with Crippen molar-refractivity contribution >= 4 is 34.8 Å². The molecule has 1 aliphatic heterocycles. The van der Waals surface area contributed by atoms with E-state index in [1.165, 1.54) is 81.8 Å². The number of anilines is 1. The summed E-state index contributed by atoms with van der Waals surface area (Å²) < 4.78 is 11.8. The predicted molar refractivity (Wildman–Crippen MR) is 192 cm³/mol. The Morgan fingerprint density at radius 1 is 0.886 bits per heavy atom. The van der Waals surface area contributed by atoms with Gasteiger partial charge in [-0.2, -0.15) is 0 Å². The first kappa shape index (κ1) is 37.6. The van der Waals surface area contributed by atoms with Crippen LogP contribution in [0.1, 0.15) is 116 Å². The topological polar surface area (TPSA) is 51.1 Å². The van der Waals surface area contributed by atoms with E-state index in [4.69, 9.17) is 9.47 Å². The normalized spacial score (nSPS) is 15.8. The van der Waals surface area contributed by atoms with Crippen molar-refractivity contribution in [2.24, 2.45) is 10.4 Å². The van der Waals surface area contributed by atoms with Crippen LogP contribution in [0.3, 0.4) is 0 Å². The third-order valence-corrected chi connectivity index (χ3v) is 8.36. The number of nitrogens with zero attached hydrogens (tertiary/aromatic N) is 2. The van der Waals surface area contributed by atoms with Crippen LogP contribution in [0.25, 0.3) is 0 Å². The number of hydrogen-bond donors (Lipinski definition) is 0. The summed E-state index contributed by atoms with van der Waals surface area (Å²) in [6, 6.07) is 14.3. The zero-order valence-electron chi connectivity index (χ0n) is 28.0. The molecule has 3 rings (SSSR count). The molecule has 0 bridgehead atoms. The van der Waals surface area contributed by atoms with Gasteiger partial charge in [-0.3, -0.25) is 9.79 Å². The third kappa shape index (κ3) is 13.2. The molecule has 0 fully saturated rings. The average Bonchev–Trinajstić information content (AvgIpc) is 2.98. The van der Waals surface area contributed by atoms with Crippen LogP contribution in [0, 0.1) is 5.41 Å². The van der Waals surface area contributed by atoms with Crippen molar-refractivity contribution in [3.8, 4) is 11.5 Å². The molecule has 1 atom stereocenters. The molecule has 0 saturated carbocycles. The van der Waals surface area contributed by atoms with E-state index in [-0.39, 0.29) is 28.3 Å². The molecular weight excluding hydrogens is 612 g/mol. The second-order valence-corrected chi connectivity index (χ2v) is 12.7. The van der Waals surface area contributed by atoms with Crippen molar-refractivity contribution < 1.29 is 14.3 Å². The van der Waals surface area contributed by atoms with Crippen LogP contribution >= 0.6 is 17.0 Å². The Balaban J connectivity index is 0.00000675. The zero-order valence-corrected chi connectivity index (χ0v) is 29.8. The summed E-state index contributed by atoms with van der Waals surface area (Å²) in [5.74, 6) is 1.48. The minimum Gasteiger partial charge on any atom is -0.493 e. The van der Waals surface area contributed by atoms with Gasteiger partial charge in [-0.1, -0.05) is 109 Å². The zero-order chi connectivity index (χ0) is 30.9. The molecule has 244 valence electrons. The van der Waals surface area contributed by atoms with Crippen molar-refractivity contribution in [1.29, 1.82) is 0 Å². The molecule has 44 heavy (non-hydrogen) atoms. The fourth-order valence-corrected chi connectivity index (χ4v) is 6.06. The summed E-state index contributed by atoms with van der Waals surface area (Å²) in [5.41, 5.74) is 4.30. The molecule has 1 amide bonds. The van der Waals surface area contributed by atoms with Crippen molar-refractivity contribution in [3.05, 3.63) is 65.2 Å². The van der Waals surface area contributed by atoms with Crippen molar-refractivity contribution in [3.63, 3.8) is 0 Å². The van der Waals surface area contributed by atoms with Crippen LogP contribution in [0.4, 0.5) is 5.69 Å². The standard InChI is InChI=1S/C38H56N2O3.BrH/c1-6-7-8-9-10-11-12-13-14-15-16-17-23-43-37-25-34(21-22-36(37)42-5)29-40(32(3)41)35-20-18-19-33(24-35)27-38(4)26-31(2)28-39-30-38;/h18-22,24-26,28H,6-17,23,27,29-30H2,1-5H3;1H. The lowest BCUT2D eigenvalue weighted by Gasteiger charge is -2.28. The first-order valence-electron chi connectivity index (χ1n) is 16.7. The summed E-state index contributed by atoms with van der Waals surface area (Å²) in [4.78, 5) is 19.2.